The van der Waals surface area contributed by atoms with Gasteiger partial charge in [-0.3, -0.25) is 4.79 Å². The molecule has 0 radical (unpaired) electrons. The maximum atomic E-state index is 13.1. The summed E-state index contributed by atoms with van der Waals surface area (Å²) in [5.74, 6) is -1.22. The zero-order chi connectivity index (χ0) is 21.5. The van der Waals surface area contributed by atoms with Crippen LogP contribution in [-0.2, 0) is 28.5 Å². The molecule has 3 fully saturated rings. The summed E-state index contributed by atoms with van der Waals surface area (Å²) < 4.78 is 35.5. The Kier molecular flexibility index (Phi) is 5.80. The average Bonchev–Trinajstić information content (AvgIpc) is 3.16. The summed E-state index contributed by atoms with van der Waals surface area (Å²) >= 11 is 0. The van der Waals surface area contributed by atoms with Gasteiger partial charge in [0.25, 0.3) is 5.91 Å². The highest BCUT2D eigenvalue weighted by molar-refractivity contribution is 5.94. The number of nitrogens with one attached hydrogen (secondary N) is 1. The minimum absolute atomic E-state index is 0.322. The second kappa shape index (κ2) is 8.09. The molecule has 8 heteroatoms. The second-order valence-corrected chi connectivity index (χ2v) is 8.81. The number of hydrogen-bond acceptors (Lipinski definition) is 7. The minimum atomic E-state index is -0.893. The molecule has 0 spiro atoms. The van der Waals surface area contributed by atoms with Crippen LogP contribution in [0.1, 0.15) is 47.5 Å². The summed E-state index contributed by atoms with van der Waals surface area (Å²) in [6.45, 7) is 10.0. The van der Waals surface area contributed by atoms with Crippen molar-refractivity contribution in [3.8, 4) is 5.75 Å². The number of fused-ring (bicyclic) bond motifs is 3. The molecule has 8 nitrogen and oxygen atoms in total. The number of benzene rings is 1. The number of carbonyl (C=O) groups excluding carboxylic acids is 1. The van der Waals surface area contributed by atoms with Crippen LogP contribution in [0.25, 0.3) is 0 Å². The summed E-state index contributed by atoms with van der Waals surface area (Å²) in [5, 5.41) is 2.90. The van der Waals surface area contributed by atoms with Gasteiger partial charge in [-0.25, -0.2) is 0 Å². The third kappa shape index (κ3) is 4.48. The lowest BCUT2D eigenvalue weighted by molar-refractivity contribution is -0.229. The number of rotatable bonds is 6. The summed E-state index contributed by atoms with van der Waals surface area (Å²) in [6.07, 6.45) is -1.05. The largest absolute Gasteiger partial charge is 0.494 e. The van der Waals surface area contributed by atoms with Crippen LogP contribution in [0.5, 0.6) is 5.75 Å². The normalized spacial score (nSPS) is 33.6. The summed E-state index contributed by atoms with van der Waals surface area (Å²) in [4.78, 5) is 13.1. The van der Waals surface area contributed by atoms with Gasteiger partial charge in [-0.05, 0) is 58.4 Å². The lowest BCUT2D eigenvalue weighted by Crippen LogP contribution is -2.58. The highest BCUT2D eigenvalue weighted by Gasteiger charge is 2.62. The van der Waals surface area contributed by atoms with Crippen LogP contribution >= 0.6 is 0 Å². The zero-order valence-electron chi connectivity index (χ0n) is 18.2. The molecule has 1 N–H and O–H groups in total. The van der Waals surface area contributed by atoms with Crippen molar-refractivity contribution in [2.45, 2.75) is 89.7 Å². The van der Waals surface area contributed by atoms with Crippen molar-refractivity contribution in [1.29, 1.82) is 0 Å². The third-order valence-electron chi connectivity index (χ3n) is 5.30. The van der Waals surface area contributed by atoms with E-state index in [0.717, 1.165) is 18.6 Å². The van der Waals surface area contributed by atoms with Gasteiger partial charge in [-0.15, -0.1) is 0 Å². The number of carbonyl (C=O) groups is 1. The predicted octanol–water partition coefficient (Wildman–Crippen LogP) is 3.20. The first kappa shape index (κ1) is 21.5. The fraction of sp³-hybridized carbons (Fsp3) is 0.682. The Balaban J connectivity index is 1.45. The Bertz CT molecular complexity index is 763. The van der Waals surface area contributed by atoms with Crippen molar-refractivity contribution in [2.75, 3.05) is 11.9 Å². The van der Waals surface area contributed by atoms with Gasteiger partial charge in [0.05, 0.1) is 6.61 Å². The van der Waals surface area contributed by atoms with Gasteiger partial charge in [-0.2, -0.15) is 0 Å². The van der Waals surface area contributed by atoms with E-state index in [1.807, 2.05) is 39.8 Å². The topological polar surface area (TPSA) is 84.5 Å². The van der Waals surface area contributed by atoms with Gasteiger partial charge in [0.2, 0.25) is 0 Å². The monoisotopic (exact) mass is 421 g/mol. The molecular weight excluding hydrogens is 390 g/mol. The Morgan fingerprint density at radius 1 is 0.967 bits per heavy atom. The maximum Gasteiger partial charge on any atom is 0.256 e. The number of hydrogen-bond donors (Lipinski definition) is 1. The Labute approximate surface area is 177 Å². The molecule has 1 aromatic rings. The molecule has 30 heavy (non-hydrogen) atoms. The first-order valence-electron chi connectivity index (χ1n) is 10.6. The number of anilines is 1. The van der Waals surface area contributed by atoms with E-state index in [1.54, 1.807) is 12.1 Å². The van der Waals surface area contributed by atoms with Crippen LogP contribution in [0.3, 0.4) is 0 Å². The average molecular weight is 421 g/mol. The van der Waals surface area contributed by atoms with Crippen molar-refractivity contribution in [3.05, 3.63) is 24.3 Å². The number of ether oxygens (including phenoxy) is 6. The Morgan fingerprint density at radius 3 is 2.30 bits per heavy atom. The second-order valence-electron chi connectivity index (χ2n) is 8.81. The standard InChI is InChI=1S/C22H31NO7/c1-6-7-12-25-14-10-8-13(9-11-14)23-19(24)17-15-16(28-21(2,3)27-15)18-20(26-17)30-22(4,5)29-18/h8-11,15-18,20H,6-7,12H2,1-5H3,(H,23,24)/t15-,16-,17-,18+,20-/m0/s1. The molecule has 3 aliphatic rings. The highest BCUT2D eigenvalue weighted by atomic mass is 16.9. The number of amides is 1. The van der Waals surface area contributed by atoms with Gasteiger partial charge in [0.15, 0.2) is 24.0 Å². The fourth-order valence-electron chi connectivity index (χ4n) is 4.01. The first-order chi connectivity index (χ1) is 14.2. The minimum Gasteiger partial charge on any atom is -0.494 e. The Morgan fingerprint density at radius 2 is 1.60 bits per heavy atom. The smallest absolute Gasteiger partial charge is 0.256 e. The van der Waals surface area contributed by atoms with Crippen molar-refractivity contribution in [2.24, 2.45) is 0 Å². The van der Waals surface area contributed by atoms with Crippen molar-refractivity contribution in [1.82, 2.24) is 0 Å². The van der Waals surface area contributed by atoms with Crippen LogP contribution in [0, 0.1) is 0 Å². The summed E-state index contributed by atoms with van der Waals surface area (Å²) in [7, 11) is 0. The van der Waals surface area contributed by atoms with E-state index in [2.05, 4.69) is 12.2 Å². The van der Waals surface area contributed by atoms with Crippen LogP contribution in [-0.4, -0.2) is 54.8 Å². The zero-order valence-corrected chi connectivity index (χ0v) is 18.2. The van der Waals surface area contributed by atoms with E-state index >= 15 is 0 Å². The molecule has 3 aliphatic heterocycles. The van der Waals surface area contributed by atoms with E-state index < -0.39 is 42.3 Å². The molecule has 0 saturated carbocycles. The molecule has 0 bridgehead atoms. The summed E-state index contributed by atoms with van der Waals surface area (Å²) in [6, 6.07) is 7.27. The van der Waals surface area contributed by atoms with Gasteiger partial charge >= 0.3 is 0 Å². The fourth-order valence-corrected chi connectivity index (χ4v) is 4.01. The van der Waals surface area contributed by atoms with E-state index in [9.17, 15) is 4.79 Å². The molecule has 166 valence electrons. The molecule has 0 aliphatic carbocycles. The van der Waals surface area contributed by atoms with E-state index in [4.69, 9.17) is 28.4 Å². The maximum absolute atomic E-state index is 13.1. The van der Waals surface area contributed by atoms with Gasteiger partial charge < -0.3 is 33.7 Å². The van der Waals surface area contributed by atoms with Gasteiger partial charge in [0, 0.05) is 5.69 Å². The van der Waals surface area contributed by atoms with Gasteiger partial charge in [0.1, 0.15) is 24.1 Å². The molecule has 0 aromatic heterocycles. The molecule has 5 atom stereocenters. The molecule has 4 rings (SSSR count). The summed E-state index contributed by atoms with van der Waals surface area (Å²) in [5.41, 5.74) is 0.646. The molecule has 0 unspecified atom stereocenters. The van der Waals surface area contributed by atoms with Crippen LogP contribution in [0.2, 0.25) is 0 Å². The highest BCUT2D eigenvalue weighted by Crippen LogP contribution is 2.44. The SMILES string of the molecule is CCCCOc1ccc(NC(=O)[C@H]2O[C@H]3OC(C)(C)O[C@@H]3[C@H]3OC(C)(C)O[C@@H]32)cc1. The van der Waals surface area contributed by atoms with Gasteiger partial charge in [-0.1, -0.05) is 13.3 Å². The predicted molar refractivity (Wildman–Crippen MR) is 108 cm³/mol. The number of unbranched alkanes of at least 4 members (excludes halogenated alkanes) is 1. The third-order valence-corrected chi connectivity index (χ3v) is 5.30. The van der Waals surface area contributed by atoms with Crippen LogP contribution in [0.4, 0.5) is 5.69 Å². The van der Waals surface area contributed by atoms with Crippen LogP contribution < -0.4 is 10.1 Å². The van der Waals surface area contributed by atoms with Crippen molar-refractivity contribution < 1.29 is 33.2 Å². The lowest BCUT2D eigenvalue weighted by atomic mass is 9.98. The molecule has 3 saturated heterocycles. The van der Waals surface area contributed by atoms with Crippen LogP contribution in [0.15, 0.2) is 24.3 Å². The molecule has 3 heterocycles. The van der Waals surface area contributed by atoms with E-state index in [0.29, 0.717) is 12.3 Å². The van der Waals surface area contributed by atoms with Crippen molar-refractivity contribution in [3.63, 3.8) is 0 Å². The molecule has 1 aromatic carbocycles. The molecule has 1 amide bonds. The van der Waals surface area contributed by atoms with E-state index in [1.165, 1.54) is 0 Å². The Hall–Kier alpha value is -1.71. The molecular formula is C22H31NO7. The quantitative estimate of drug-likeness (QED) is 0.706. The lowest BCUT2D eigenvalue weighted by Gasteiger charge is -2.36. The first-order valence-corrected chi connectivity index (χ1v) is 10.6. The van der Waals surface area contributed by atoms with Crippen molar-refractivity contribution >= 4 is 11.6 Å². The van der Waals surface area contributed by atoms with E-state index in [-0.39, 0.29) is 5.91 Å².